The van der Waals surface area contributed by atoms with E-state index in [0.717, 1.165) is 36.8 Å². The van der Waals surface area contributed by atoms with Gasteiger partial charge in [0.2, 0.25) is 5.91 Å². The number of aliphatic carboxylic acids is 1. The van der Waals surface area contributed by atoms with Crippen LogP contribution in [0.25, 0.3) is 0 Å². The monoisotopic (exact) mass is 373 g/mol. The number of benzene rings is 1. The number of carboxylic acids is 1. The molecule has 1 aliphatic carbocycles. The molecule has 1 aliphatic heterocycles. The highest BCUT2D eigenvalue weighted by molar-refractivity contribution is 6.02. The largest absolute Gasteiger partial charge is 0.480 e. The highest BCUT2D eigenvalue weighted by Gasteiger charge is 2.45. The fourth-order valence-corrected chi connectivity index (χ4v) is 4.46. The predicted octanol–water partition coefficient (Wildman–Crippen LogP) is 2.67. The molecule has 1 heterocycles. The van der Waals surface area contributed by atoms with Gasteiger partial charge in [-0.25, -0.2) is 4.79 Å². The summed E-state index contributed by atoms with van der Waals surface area (Å²) < 4.78 is 0. The van der Waals surface area contributed by atoms with E-state index in [1.54, 1.807) is 11.0 Å². The fraction of sp³-hybridized carbons (Fsp3) is 0.550. The molecule has 146 valence electrons. The second-order valence-corrected chi connectivity index (χ2v) is 7.69. The maximum Gasteiger partial charge on any atom is 0.325 e. The van der Waals surface area contributed by atoms with E-state index in [1.807, 2.05) is 26.0 Å². The smallest absolute Gasteiger partial charge is 0.325 e. The number of carboxylic acid groups (broad SMARTS) is 1. The number of likely N-dealkylation sites (tertiary alicyclic amines) is 1. The summed E-state index contributed by atoms with van der Waals surface area (Å²) >= 11 is 0. The fourth-order valence-electron chi connectivity index (χ4n) is 4.46. The van der Waals surface area contributed by atoms with Crippen LogP contribution in [0.2, 0.25) is 0 Å². The van der Waals surface area contributed by atoms with Crippen LogP contribution in [0, 0.1) is 19.8 Å². The summed E-state index contributed by atoms with van der Waals surface area (Å²) in [5.41, 5.74) is 2.64. The summed E-state index contributed by atoms with van der Waals surface area (Å²) in [6, 6.07) is 4.50. The molecule has 0 bridgehead atoms. The zero-order valence-electron chi connectivity index (χ0n) is 15.8. The van der Waals surface area contributed by atoms with Crippen molar-refractivity contribution in [2.45, 2.75) is 58.0 Å². The Bertz CT molecular complexity index is 749. The molecule has 0 aromatic heterocycles. The molecule has 2 fully saturated rings. The Morgan fingerprint density at radius 2 is 1.93 bits per heavy atom. The average molecular weight is 373 g/mol. The van der Waals surface area contributed by atoms with Crippen LogP contribution >= 0.6 is 0 Å². The number of aryl methyl sites for hydroxylation is 2. The van der Waals surface area contributed by atoms with E-state index in [9.17, 15) is 19.5 Å². The van der Waals surface area contributed by atoms with Gasteiger partial charge in [-0.1, -0.05) is 30.5 Å². The number of hydrogen-bond acceptors (Lipinski definition) is 4. The van der Waals surface area contributed by atoms with E-state index in [1.165, 1.54) is 0 Å². The number of anilines is 1. The van der Waals surface area contributed by atoms with Crippen LogP contribution in [0.1, 0.15) is 43.2 Å². The molecule has 2 aliphatic rings. The number of rotatable bonds is 4. The molecular weight excluding hydrogens is 346 g/mol. The Morgan fingerprint density at radius 3 is 2.63 bits per heavy atom. The first-order valence-corrected chi connectivity index (χ1v) is 9.52. The van der Waals surface area contributed by atoms with Gasteiger partial charge in [-0.05, 0) is 50.7 Å². The highest BCUT2D eigenvalue weighted by atomic mass is 16.4. The summed E-state index contributed by atoms with van der Waals surface area (Å²) in [5.74, 6) is -1.04. The molecule has 1 saturated carbocycles. The number of nitrogens with one attached hydrogen (secondary N) is 2. The summed E-state index contributed by atoms with van der Waals surface area (Å²) in [4.78, 5) is 37.9. The third kappa shape index (κ3) is 4.47. The van der Waals surface area contributed by atoms with Crippen LogP contribution in [-0.4, -0.2) is 46.5 Å². The van der Waals surface area contributed by atoms with Crippen LogP contribution in [0.5, 0.6) is 0 Å². The Hall–Kier alpha value is -2.41. The van der Waals surface area contributed by atoms with Crippen LogP contribution in [0.3, 0.4) is 0 Å². The van der Waals surface area contributed by atoms with Crippen molar-refractivity contribution in [1.29, 1.82) is 0 Å². The lowest BCUT2D eigenvalue weighted by molar-refractivity contribution is -0.143. The summed E-state index contributed by atoms with van der Waals surface area (Å²) in [6.45, 7) is 3.78. The first-order valence-electron chi connectivity index (χ1n) is 9.52. The minimum absolute atomic E-state index is 0.0710. The minimum Gasteiger partial charge on any atom is -0.480 e. The third-order valence-electron chi connectivity index (χ3n) is 5.72. The van der Waals surface area contributed by atoms with Crippen molar-refractivity contribution in [2.24, 2.45) is 5.92 Å². The van der Waals surface area contributed by atoms with Crippen LogP contribution in [0.15, 0.2) is 18.2 Å². The van der Waals surface area contributed by atoms with Gasteiger partial charge >= 0.3 is 12.0 Å². The first-order chi connectivity index (χ1) is 12.8. The van der Waals surface area contributed by atoms with Crippen molar-refractivity contribution in [3.05, 3.63) is 29.3 Å². The first kappa shape index (κ1) is 19.4. The van der Waals surface area contributed by atoms with E-state index in [0.29, 0.717) is 18.0 Å². The number of urea groups is 1. The minimum atomic E-state index is -0.892. The van der Waals surface area contributed by atoms with Crippen molar-refractivity contribution in [3.8, 4) is 0 Å². The number of carbonyl (C=O) groups excluding carboxylic acids is 2. The van der Waals surface area contributed by atoms with Gasteiger partial charge in [0.25, 0.3) is 0 Å². The van der Waals surface area contributed by atoms with Gasteiger partial charge in [-0.2, -0.15) is 0 Å². The zero-order chi connectivity index (χ0) is 19.6. The van der Waals surface area contributed by atoms with Gasteiger partial charge in [0.1, 0.15) is 6.04 Å². The lowest BCUT2D eigenvalue weighted by Crippen LogP contribution is -2.49. The summed E-state index contributed by atoms with van der Waals surface area (Å²) in [5, 5.41) is 14.5. The molecule has 1 aromatic rings. The number of amides is 3. The van der Waals surface area contributed by atoms with E-state index in [4.69, 9.17) is 0 Å². The van der Waals surface area contributed by atoms with Gasteiger partial charge < -0.3 is 10.4 Å². The molecule has 27 heavy (non-hydrogen) atoms. The lowest BCUT2D eigenvalue weighted by Gasteiger charge is -2.32. The number of hydrogen-bond donors (Lipinski definition) is 3. The number of imide groups is 1. The standard InChI is InChI=1S/C20H27N3O4/c1-12-7-8-15(13(2)9-12)21-20(27)22-18(24)11-23-16-6-4-3-5-14(16)10-17(23)19(25)26/h7-9,14,16-17H,3-6,10-11H2,1-2H3,(H,25,26)(H2,21,22,24,27). The van der Waals surface area contributed by atoms with Crippen molar-refractivity contribution in [3.63, 3.8) is 0 Å². The molecule has 3 unspecified atom stereocenters. The van der Waals surface area contributed by atoms with Gasteiger partial charge in [0, 0.05) is 11.7 Å². The molecule has 7 nitrogen and oxygen atoms in total. The predicted molar refractivity (Wildman–Crippen MR) is 102 cm³/mol. The second kappa shape index (κ2) is 8.08. The molecule has 3 N–H and O–H groups in total. The van der Waals surface area contributed by atoms with Crippen LogP contribution in [0.4, 0.5) is 10.5 Å². The normalized spacial score (nSPS) is 24.9. The Morgan fingerprint density at radius 1 is 1.19 bits per heavy atom. The number of fused-ring (bicyclic) bond motifs is 1. The van der Waals surface area contributed by atoms with E-state index in [2.05, 4.69) is 10.6 Å². The molecule has 1 saturated heterocycles. The Balaban J connectivity index is 1.60. The van der Waals surface area contributed by atoms with E-state index in [-0.39, 0.29) is 12.6 Å². The van der Waals surface area contributed by atoms with E-state index < -0.39 is 23.9 Å². The molecule has 3 atom stereocenters. The van der Waals surface area contributed by atoms with Crippen molar-refractivity contribution >= 4 is 23.6 Å². The van der Waals surface area contributed by atoms with E-state index >= 15 is 0 Å². The van der Waals surface area contributed by atoms with Gasteiger partial charge in [-0.15, -0.1) is 0 Å². The lowest BCUT2D eigenvalue weighted by atomic mass is 9.85. The van der Waals surface area contributed by atoms with Gasteiger partial charge in [0.05, 0.1) is 6.54 Å². The maximum atomic E-state index is 12.4. The summed E-state index contributed by atoms with van der Waals surface area (Å²) in [6.07, 6.45) is 4.68. The molecule has 0 spiro atoms. The van der Waals surface area contributed by atoms with Crippen LogP contribution in [-0.2, 0) is 9.59 Å². The second-order valence-electron chi connectivity index (χ2n) is 7.69. The Kier molecular flexibility index (Phi) is 5.79. The SMILES string of the molecule is Cc1ccc(NC(=O)NC(=O)CN2C(C(=O)O)CC3CCCCC32)c(C)c1. The van der Waals surface area contributed by atoms with Gasteiger partial charge in [0.15, 0.2) is 0 Å². The third-order valence-corrected chi connectivity index (χ3v) is 5.72. The Labute approximate surface area is 159 Å². The summed E-state index contributed by atoms with van der Waals surface area (Å²) in [7, 11) is 0. The molecule has 3 amide bonds. The van der Waals surface area contributed by atoms with Crippen molar-refractivity contribution in [2.75, 3.05) is 11.9 Å². The molecule has 3 rings (SSSR count). The van der Waals surface area contributed by atoms with Crippen LogP contribution < -0.4 is 10.6 Å². The molecule has 7 heteroatoms. The zero-order valence-corrected chi connectivity index (χ0v) is 15.8. The highest BCUT2D eigenvalue weighted by Crippen LogP contribution is 2.39. The molecular formula is C20H27N3O4. The maximum absolute atomic E-state index is 12.4. The van der Waals surface area contributed by atoms with Crippen molar-refractivity contribution in [1.82, 2.24) is 10.2 Å². The number of nitrogens with zero attached hydrogens (tertiary/aromatic N) is 1. The average Bonchev–Trinajstić information content (AvgIpc) is 2.96. The molecule has 1 aromatic carbocycles. The molecule has 0 radical (unpaired) electrons. The van der Waals surface area contributed by atoms with Gasteiger partial charge in [-0.3, -0.25) is 19.8 Å². The quantitative estimate of drug-likeness (QED) is 0.754. The number of carbonyl (C=O) groups is 3. The van der Waals surface area contributed by atoms with Crippen molar-refractivity contribution < 1.29 is 19.5 Å². The topological polar surface area (TPSA) is 98.7 Å².